The van der Waals surface area contributed by atoms with Crippen LogP contribution in [0.25, 0.3) is 11.0 Å². The van der Waals surface area contributed by atoms with Gasteiger partial charge in [-0.25, -0.2) is 4.79 Å². The lowest BCUT2D eigenvalue weighted by Crippen LogP contribution is -2.25. The Labute approximate surface area is 144 Å². The second-order valence-corrected chi connectivity index (χ2v) is 6.11. The number of fused-ring (bicyclic) bond motifs is 1. The lowest BCUT2D eigenvalue weighted by Gasteiger charge is -2.03. The van der Waals surface area contributed by atoms with Gasteiger partial charge in [-0.05, 0) is 25.5 Å². The predicted molar refractivity (Wildman–Crippen MR) is 94.6 cm³/mol. The average molecular weight is 334 g/mol. The van der Waals surface area contributed by atoms with Gasteiger partial charge >= 0.3 is 5.69 Å². The molecule has 6 nitrogen and oxygen atoms in total. The molecule has 0 spiro atoms. The molecule has 6 heteroatoms. The number of hydrogen-bond donors (Lipinski definition) is 0. The second kappa shape index (κ2) is 6.05. The molecule has 0 N–H and O–H groups in total. The van der Waals surface area contributed by atoms with Crippen molar-refractivity contribution in [3.63, 3.8) is 0 Å². The number of benzene rings is 1. The van der Waals surface area contributed by atoms with Crippen LogP contribution < -0.4 is 5.69 Å². The Kier molecular flexibility index (Phi) is 3.72. The van der Waals surface area contributed by atoms with Gasteiger partial charge in [-0.3, -0.25) is 14.1 Å². The van der Waals surface area contributed by atoms with Gasteiger partial charge in [0, 0.05) is 11.8 Å². The highest BCUT2D eigenvalue weighted by Gasteiger charge is 2.17. The molecule has 0 fully saturated rings. The summed E-state index contributed by atoms with van der Waals surface area (Å²) in [6, 6.07) is 11.8. The fraction of sp³-hybridized carbons (Fsp3) is 0.211. The van der Waals surface area contributed by atoms with E-state index in [1.54, 1.807) is 21.5 Å². The van der Waals surface area contributed by atoms with Crippen LogP contribution in [0.1, 0.15) is 22.6 Å². The number of nitrogens with zero attached hydrogens (tertiary/aromatic N) is 4. The maximum absolute atomic E-state index is 13.1. The van der Waals surface area contributed by atoms with E-state index in [1.165, 1.54) is 0 Å². The molecule has 3 heterocycles. The van der Waals surface area contributed by atoms with Gasteiger partial charge in [0.25, 0.3) is 0 Å². The van der Waals surface area contributed by atoms with Crippen molar-refractivity contribution in [3.8, 4) is 0 Å². The van der Waals surface area contributed by atoms with Crippen LogP contribution in [-0.2, 0) is 13.1 Å². The Hall–Kier alpha value is -3.15. The molecule has 25 heavy (non-hydrogen) atoms. The molecular weight excluding hydrogens is 316 g/mol. The van der Waals surface area contributed by atoms with Crippen LogP contribution in [0.15, 0.2) is 58.1 Å². The highest BCUT2D eigenvalue weighted by atomic mass is 16.5. The largest absolute Gasteiger partial charge is 0.361 e. The number of aromatic nitrogens is 4. The van der Waals surface area contributed by atoms with Gasteiger partial charge in [0.1, 0.15) is 5.76 Å². The van der Waals surface area contributed by atoms with Crippen LogP contribution in [0.3, 0.4) is 0 Å². The van der Waals surface area contributed by atoms with E-state index < -0.39 is 0 Å². The van der Waals surface area contributed by atoms with Crippen LogP contribution in [-0.4, -0.2) is 19.3 Å². The smallest absolute Gasteiger partial charge is 0.329 e. The van der Waals surface area contributed by atoms with Crippen molar-refractivity contribution in [2.45, 2.75) is 26.9 Å². The maximum Gasteiger partial charge on any atom is 0.329 e. The summed E-state index contributed by atoms with van der Waals surface area (Å²) in [5.74, 6) is 0.734. The molecule has 0 bridgehead atoms. The molecule has 0 aliphatic rings. The molecule has 0 atom stereocenters. The normalized spacial score (nSPS) is 11.3. The van der Waals surface area contributed by atoms with Crippen LogP contribution in [0, 0.1) is 13.8 Å². The van der Waals surface area contributed by atoms with E-state index in [4.69, 9.17) is 4.52 Å². The third-order valence-corrected chi connectivity index (χ3v) is 4.50. The van der Waals surface area contributed by atoms with Gasteiger partial charge in [0.05, 0.1) is 36.0 Å². The molecular formula is C19H18N4O2. The first-order chi connectivity index (χ1) is 12.1. The zero-order valence-electron chi connectivity index (χ0n) is 14.1. The van der Waals surface area contributed by atoms with Crippen molar-refractivity contribution in [2.75, 3.05) is 0 Å². The summed E-state index contributed by atoms with van der Waals surface area (Å²) >= 11 is 0. The van der Waals surface area contributed by atoms with Crippen LogP contribution in [0.5, 0.6) is 0 Å². The first-order valence-corrected chi connectivity index (χ1v) is 8.14. The zero-order valence-corrected chi connectivity index (χ0v) is 14.1. The molecule has 4 aromatic rings. The molecule has 0 aliphatic heterocycles. The lowest BCUT2D eigenvalue weighted by molar-refractivity contribution is 0.392. The van der Waals surface area contributed by atoms with E-state index in [2.05, 4.69) is 10.1 Å². The van der Waals surface area contributed by atoms with Crippen molar-refractivity contribution in [1.29, 1.82) is 0 Å². The number of pyridine rings is 1. The molecule has 0 aliphatic carbocycles. The van der Waals surface area contributed by atoms with Crippen molar-refractivity contribution in [3.05, 3.63) is 81.9 Å². The fourth-order valence-electron chi connectivity index (χ4n) is 3.12. The number of imidazole rings is 1. The Balaban J connectivity index is 1.85. The SMILES string of the molecule is Cc1noc(C)c1Cn1c(=O)n(Cc2ccccc2)c2ccncc21. The quantitative estimate of drug-likeness (QED) is 0.575. The fourth-order valence-corrected chi connectivity index (χ4v) is 3.12. The Morgan fingerprint density at radius 1 is 1.00 bits per heavy atom. The zero-order chi connectivity index (χ0) is 17.4. The molecule has 0 saturated carbocycles. The van der Waals surface area contributed by atoms with E-state index >= 15 is 0 Å². The van der Waals surface area contributed by atoms with E-state index in [1.807, 2.05) is 50.2 Å². The van der Waals surface area contributed by atoms with Gasteiger partial charge in [-0.2, -0.15) is 0 Å². The maximum atomic E-state index is 13.1. The highest BCUT2D eigenvalue weighted by molar-refractivity contribution is 5.75. The van der Waals surface area contributed by atoms with E-state index in [0.29, 0.717) is 13.1 Å². The molecule has 0 saturated heterocycles. The summed E-state index contributed by atoms with van der Waals surface area (Å²) in [5, 5.41) is 3.98. The Morgan fingerprint density at radius 2 is 1.76 bits per heavy atom. The molecule has 0 unspecified atom stereocenters. The Morgan fingerprint density at radius 3 is 2.48 bits per heavy atom. The van der Waals surface area contributed by atoms with Gasteiger partial charge in [-0.1, -0.05) is 35.5 Å². The average Bonchev–Trinajstić information content (AvgIpc) is 3.09. The van der Waals surface area contributed by atoms with Crippen LogP contribution in [0.2, 0.25) is 0 Å². The summed E-state index contributed by atoms with van der Waals surface area (Å²) in [7, 11) is 0. The molecule has 126 valence electrons. The Bertz CT molecular complexity index is 1070. The van der Waals surface area contributed by atoms with Crippen LogP contribution in [0.4, 0.5) is 0 Å². The molecule has 0 amide bonds. The van der Waals surface area contributed by atoms with Gasteiger partial charge in [-0.15, -0.1) is 0 Å². The topological polar surface area (TPSA) is 65.8 Å². The third kappa shape index (κ3) is 2.65. The third-order valence-electron chi connectivity index (χ3n) is 4.50. The van der Waals surface area contributed by atoms with E-state index in [9.17, 15) is 4.79 Å². The van der Waals surface area contributed by atoms with E-state index in [0.717, 1.165) is 33.6 Å². The predicted octanol–water partition coefficient (Wildman–Crippen LogP) is 2.90. The number of rotatable bonds is 4. The van der Waals surface area contributed by atoms with Crippen LogP contribution >= 0.6 is 0 Å². The molecule has 4 rings (SSSR count). The van der Waals surface area contributed by atoms with Crippen molar-refractivity contribution in [2.24, 2.45) is 0 Å². The number of hydrogen-bond acceptors (Lipinski definition) is 4. The standard InChI is InChI=1S/C19H18N4O2/c1-13-16(14(2)25-21-13)12-23-18-10-20-9-8-17(18)22(19(23)24)11-15-6-4-3-5-7-15/h3-10H,11-12H2,1-2H3. The van der Waals surface area contributed by atoms with Crippen molar-refractivity contribution >= 4 is 11.0 Å². The lowest BCUT2D eigenvalue weighted by atomic mass is 10.2. The van der Waals surface area contributed by atoms with Gasteiger partial charge < -0.3 is 4.52 Å². The summed E-state index contributed by atoms with van der Waals surface area (Å²) < 4.78 is 8.75. The second-order valence-electron chi connectivity index (χ2n) is 6.11. The van der Waals surface area contributed by atoms with E-state index in [-0.39, 0.29) is 5.69 Å². The minimum atomic E-state index is -0.0631. The first kappa shape index (κ1) is 15.4. The monoisotopic (exact) mass is 334 g/mol. The number of aryl methyl sites for hydroxylation is 2. The molecule has 0 radical (unpaired) electrons. The first-order valence-electron chi connectivity index (χ1n) is 8.14. The minimum absolute atomic E-state index is 0.0631. The summed E-state index contributed by atoms with van der Waals surface area (Å²) in [5.41, 5.74) is 4.44. The molecule has 3 aromatic heterocycles. The summed E-state index contributed by atoms with van der Waals surface area (Å²) in [4.78, 5) is 17.3. The minimum Gasteiger partial charge on any atom is -0.361 e. The summed E-state index contributed by atoms with van der Waals surface area (Å²) in [6.07, 6.45) is 3.44. The van der Waals surface area contributed by atoms with Gasteiger partial charge in [0.15, 0.2) is 0 Å². The van der Waals surface area contributed by atoms with Crippen molar-refractivity contribution < 1.29 is 4.52 Å². The van der Waals surface area contributed by atoms with Crippen molar-refractivity contribution in [1.82, 2.24) is 19.3 Å². The highest BCUT2D eigenvalue weighted by Crippen LogP contribution is 2.18. The summed E-state index contributed by atoms with van der Waals surface area (Å²) in [6.45, 7) is 4.69. The molecule has 1 aromatic carbocycles. The van der Waals surface area contributed by atoms with Gasteiger partial charge in [0.2, 0.25) is 0 Å².